The fourth-order valence-corrected chi connectivity index (χ4v) is 2.48. The van der Waals surface area contributed by atoms with Gasteiger partial charge in [0.25, 0.3) is 0 Å². The number of ether oxygens (including phenoxy) is 1. The lowest BCUT2D eigenvalue weighted by Crippen LogP contribution is -2.36. The highest BCUT2D eigenvalue weighted by atomic mass is 35.5. The summed E-state index contributed by atoms with van der Waals surface area (Å²) in [5.41, 5.74) is 0.545. The number of halogens is 1. The highest BCUT2D eigenvalue weighted by molar-refractivity contribution is 6.30. The van der Waals surface area contributed by atoms with Crippen molar-refractivity contribution in [2.45, 2.75) is 25.4 Å². The van der Waals surface area contributed by atoms with E-state index < -0.39 is 11.6 Å². The number of benzene rings is 1. The van der Waals surface area contributed by atoms with Gasteiger partial charge in [-0.15, -0.1) is 0 Å². The summed E-state index contributed by atoms with van der Waals surface area (Å²) in [6.07, 6.45) is 1.17. The van der Waals surface area contributed by atoms with Gasteiger partial charge >= 0.3 is 5.97 Å². The van der Waals surface area contributed by atoms with Gasteiger partial charge in [-0.25, -0.2) is 4.79 Å². The number of carbonyl (C=O) groups is 1. The number of hydrogen-bond donors (Lipinski definition) is 1. The van der Waals surface area contributed by atoms with Crippen LogP contribution in [-0.4, -0.2) is 17.7 Å². The highest BCUT2D eigenvalue weighted by Gasteiger charge is 2.46. The van der Waals surface area contributed by atoms with Gasteiger partial charge in [0.15, 0.2) is 5.60 Å². The van der Waals surface area contributed by atoms with Crippen LogP contribution in [0.25, 0.3) is 0 Å². The number of fused-ring (bicyclic) bond motifs is 1. The molecule has 3 nitrogen and oxygen atoms in total. The lowest BCUT2D eigenvalue weighted by atomic mass is 9.96. The Hall–Kier alpha value is -1.06. The molecule has 4 heteroatoms. The SMILES string of the molecule is CCOC1(C(=O)O)CCc2cc(Cl)ccc21. The Balaban J connectivity index is 2.50. The minimum absolute atomic E-state index is 0.383. The minimum Gasteiger partial charge on any atom is -0.479 e. The van der Waals surface area contributed by atoms with Crippen molar-refractivity contribution >= 4 is 17.6 Å². The first kappa shape index (κ1) is 11.4. The van der Waals surface area contributed by atoms with Crippen LogP contribution in [0.3, 0.4) is 0 Å². The van der Waals surface area contributed by atoms with Crippen LogP contribution in [0.2, 0.25) is 5.02 Å². The van der Waals surface area contributed by atoms with Gasteiger partial charge in [-0.2, -0.15) is 0 Å². The van der Waals surface area contributed by atoms with Gasteiger partial charge in [-0.3, -0.25) is 0 Å². The Bertz CT molecular complexity index is 430. The second-order valence-corrected chi connectivity index (χ2v) is 4.30. The molecule has 1 aliphatic rings. The Kier molecular flexibility index (Phi) is 2.91. The van der Waals surface area contributed by atoms with Crippen molar-refractivity contribution in [2.24, 2.45) is 0 Å². The normalized spacial score (nSPS) is 23.1. The third-order valence-electron chi connectivity index (χ3n) is 2.98. The summed E-state index contributed by atoms with van der Waals surface area (Å²) in [5, 5.41) is 9.99. The second-order valence-electron chi connectivity index (χ2n) is 3.87. The zero-order valence-corrected chi connectivity index (χ0v) is 9.75. The average molecular weight is 241 g/mol. The first-order valence-electron chi connectivity index (χ1n) is 5.26. The lowest BCUT2D eigenvalue weighted by molar-refractivity contribution is -0.167. The molecule has 1 unspecified atom stereocenters. The van der Waals surface area contributed by atoms with Gasteiger partial charge in [-0.05, 0) is 43.0 Å². The fourth-order valence-electron chi connectivity index (χ4n) is 2.29. The molecule has 0 aromatic heterocycles. The van der Waals surface area contributed by atoms with Gasteiger partial charge in [0.05, 0.1) is 0 Å². The first-order valence-corrected chi connectivity index (χ1v) is 5.64. The minimum atomic E-state index is -1.17. The molecule has 2 rings (SSSR count). The van der Waals surface area contributed by atoms with E-state index in [1.165, 1.54) is 0 Å². The maximum Gasteiger partial charge on any atom is 0.340 e. The van der Waals surface area contributed by atoms with Crippen LogP contribution in [0.5, 0.6) is 0 Å². The summed E-state index contributed by atoms with van der Waals surface area (Å²) < 4.78 is 5.48. The van der Waals surface area contributed by atoms with Crippen LogP contribution < -0.4 is 0 Å². The zero-order valence-electron chi connectivity index (χ0n) is 9.00. The maximum absolute atomic E-state index is 11.4. The highest BCUT2D eigenvalue weighted by Crippen LogP contribution is 2.41. The van der Waals surface area contributed by atoms with E-state index in [1.807, 2.05) is 6.07 Å². The van der Waals surface area contributed by atoms with Crippen LogP contribution >= 0.6 is 11.6 Å². The van der Waals surface area contributed by atoms with E-state index in [4.69, 9.17) is 16.3 Å². The van der Waals surface area contributed by atoms with Gasteiger partial charge in [-0.1, -0.05) is 17.7 Å². The van der Waals surface area contributed by atoms with Gasteiger partial charge in [0.2, 0.25) is 0 Å². The molecule has 0 amide bonds. The summed E-state index contributed by atoms with van der Waals surface area (Å²) in [6, 6.07) is 5.29. The standard InChI is InChI=1S/C12H13ClO3/c1-2-16-12(11(14)15)6-5-8-7-9(13)3-4-10(8)12/h3-4,7H,2,5-6H2,1H3,(H,14,15). The number of rotatable bonds is 3. The fraction of sp³-hybridized carbons (Fsp3) is 0.417. The topological polar surface area (TPSA) is 46.5 Å². The number of hydrogen-bond acceptors (Lipinski definition) is 2. The van der Waals surface area contributed by atoms with Crippen molar-refractivity contribution in [1.29, 1.82) is 0 Å². The summed E-state index contributed by atoms with van der Waals surface area (Å²) in [7, 11) is 0. The van der Waals surface area contributed by atoms with Crippen LogP contribution in [0, 0.1) is 0 Å². The molecule has 1 aromatic carbocycles. The Labute approximate surface area is 99.0 Å². The molecule has 1 aliphatic carbocycles. The molecule has 0 radical (unpaired) electrons. The molecule has 0 saturated heterocycles. The number of carboxylic acid groups (broad SMARTS) is 1. The van der Waals surface area contributed by atoms with Gasteiger partial charge in [0.1, 0.15) is 0 Å². The molecule has 0 bridgehead atoms. The monoisotopic (exact) mass is 240 g/mol. The van der Waals surface area contributed by atoms with E-state index >= 15 is 0 Å². The summed E-state index contributed by atoms with van der Waals surface area (Å²) >= 11 is 5.88. The van der Waals surface area contributed by atoms with E-state index in [2.05, 4.69) is 0 Å². The van der Waals surface area contributed by atoms with Crippen molar-refractivity contribution in [3.63, 3.8) is 0 Å². The summed E-state index contributed by atoms with van der Waals surface area (Å²) in [6.45, 7) is 2.19. The maximum atomic E-state index is 11.4. The van der Waals surface area contributed by atoms with E-state index in [9.17, 15) is 9.90 Å². The molecular formula is C12H13ClO3. The first-order chi connectivity index (χ1) is 7.60. The van der Waals surface area contributed by atoms with E-state index in [1.54, 1.807) is 19.1 Å². The van der Waals surface area contributed by atoms with Gasteiger partial charge < -0.3 is 9.84 Å². The second kappa shape index (κ2) is 4.07. The molecule has 1 atom stereocenters. The molecular weight excluding hydrogens is 228 g/mol. The average Bonchev–Trinajstić information content (AvgIpc) is 2.58. The Morgan fingerprint density at radius 1 is 1.62 bits per heavy atom. The molecule has 0 heterocycles. The van der Waals surface area contributed by atoms with Gasteiger partial charge in [0, 0.05) is 11.6 Å². The summed E-state index contributed by atoms with van der Waals surface area (Å²) in [5.74, 6) is -0.921. The number of aryl methyl sites for hydroxylation is 1. The third-order valence-corrected chi connectivity index (χ3v) is 3.22. The van der Waals surface area contributed by atoms with E-state index in [0.717, 1.165) is 11.1 Å². The molecule has 86 valence electrons. The molecule has 1 aromatic rings. The zero-order chi connectivity index (χ0) is 11.8. The van der Waals surface area contributed by atoms with Crippen LogP contribution in [0.15, 0.2) is 18.2 Å². The Morgan fingerprint density at radius 3 is 3.00 bits per heavy atom. The van der Waals surface area contributed by atoms with Crippen LogP contribution in [0.4, 0.5) is 0 Å². The predicted molar refractivity (Wildman–Crippen MR) is 60.7 cm³/mol. The van der Waals surface area contributed by atoms with Crippen LogP contribution in [0.1, 0.15) is 24.5 Å². The molecule has 0 aliphatic heterocycles. The number of carboxylic acids is 1. The van der Waals surface area contributed by atoms with E-state index in [-0.39, 0.29) is 0 Å². The van der Waals surface area contributed by atoms with Crippen molar-refractivity contribution in [3.8, 4) is 0 Å². The molecule has 1 N–H and O–H groups in total. The van der Waals surface area contributed by atoms with Crippen LogP contribution in [-0.2, 0) is 21.6 Å². The molecule has 0 spiro atoms. The third kappa shape index (κ3) is 1.60. The molecule has 0 saturated carbocycles. The molecule has 16 heavy (non-hydrogen) atoms. The van der Waals surface area contributed by atoms with Crippen molar-refractivity contribution in [1.82, 2.24) is 0 Å². The Morgan fingerprint density at radius 2 is 2.38 bits per heavy atom. The summed E-state index contributed by atoms with van der Waals surface area (Å²) in [4.78, 5) is 11.4. The predicted octanol–water partition coefficient (Wildman–Crippen LogP) is 2.60. The van der Waals surface area contributed by atoms with Crippen molar-refractivity contribution in [3.05, 3.63) is 34.3 Å². The van der Waals surface area contributed by atoms with Crippen molar-refractivity contribution in [2.75, 3.05) is 6.61 Å². The lowest BCUT2D eigenvalue weighted by Gasteiger charge is -2.25. The smallest absolute Gasteiger partial charge is 0.340 e. The quantitative estimate of drug-likeness (QED) is 0.884. The van der Waals surface area contributed by atoms with Crippen molar-refractivity contribution < 1.29 is 14.6 Å². The van der Waals surface area contributed by atoms with E-state index in [0.29, 0.717) is 24.5 Å². The largest absolute Gasteiger partial charge is 0.479 e. The molecule has 0 fully saturated rings. The number of aliphatic carboxylic acids is 1.